The van der Waals surface area contributed by atoms with Gasteiger partial charge in [0.2, 0.25) is 5.95 Å². The minimum atomic E-state index is -0.307. The van der Waals surface area contributed by atoms with E-state index in [0.717, 1.165) is 51.9 Å². The second kappa shape index (κ2) is 7.21. The van der Waals surface area contributed by atoms with Crippen molar-refractivity contribution in [2.45, 2.75) is 12.6 Å². The molecule has 2 aliphatic heterocycles. The van der Waals surface area contributed by atoms with Crippen molar-refractivity contribution in [3.8, 4) is 5.75 Å². The highest BCUT2D eigenvalue weighted by Crippen LogP contribution is 2.38. The van der Waals surface area contributed by atoms with E-state index in [-0.39, 0.29) is 5.82 Å². The molecule has 0 radical (unpaired) electrons. The summed E-state index contributed by atoms with van der Waals surface area (Å²) in [6.45, 7) is 2.36. The van der Waals surface area contributed by atoms with Crippen molar-refractivity contribution in [2.75, 3.05) is 25.9 Å². The molecule has 0 amide bonds. The maximum Gasteiger partial charge on any atom is 0.201 e. The van der Waals surface area contributed by atoms with E-state index in [1.54, 1.807) is 6.07 Å². The number of anilines is 1. The molecule has 32 heavy (non-hydrogen) atoms. The van der Waals surface area contributed by atoms with Gasteiger partial charge in [-0.25, -0.2) is 9.37 Å². The summed E-state index contributed by atoms with van der Waals surface area (Å²) in [5.74, 6) is 0.797. The zero-order chi connectivity index (χ0) is 21.8. The molecule has 0 bridgehead atoms. The van der Waals surface area contributed by atoms with Gasteiger partial charge in [0, 0.05) is 24.7 Å². The number of likely N-dealkylation sites (N-methyl/N-ethyl adjacent to an activating group) is 1. The smallest absolute Gasteiger partial charge is 0.201 e. The molecule has 2 aliphatic rings. The van der Waals surface area contributed by atoms with Crippen LogP contribution in [0, 0.1) is 5.82 Å². The van der Waals surface area contributed by atoms with Gasteiger partial charge >= 0.3 is 0 Å². The Labute approximate surface area is 185 Å². The van der Waals surface area contributed by atoms with Crippen molar-refractivity contribution in [2.24, 2.45) is 0 Å². The zero-order valence-corrected chi connectivity index (χ0v) is 17.8. The van der Waals surface area contributed by atoms with Crippen LogP contribution < -0.4 is 10.5 Å². The third-order valence-electron chi connectivity index (χ3n) is 6.39. The maximum atomic E-state index is 13.9. The number of benzene rings is 3. The number of hydrogen-bond acceptors (Lipinski definition) is 4. The van der Waals surface area contributed by atoms with Gasteiger partial charge in [-0.05, 0) is 59.7 Å². The molecule has 1 saturated heterocycles. The number of nitrogen functional groups attached to an aromatic ring is 1. The lowest BCUT2D eigenvalue weighted by Gasteiger charge is -2.37. The van der Waals surface area contributed by atoms with Gasteiger partial charge in [-0.2, -0.15) is 0 Å². The second-order valence-electron chi connectivity index (χ2n) is 8.61. The summed E-state index contributed by atoms with van der Waals surface area (Å²) in [5.41, 5.74) is 13.2. The number of nitrogens with zero attached hydrogens (tertiary/aromatic N) is 3. The van der Waals surface area contributed by atoms with Gasteiger partial charge in [0.05, 0.1) is 17.1 Å². The Hall–Kier alpha value is -3.64. The number of imidazole rings is 1. The van der Waals surface area contributed by atoms with Gasteiger partial charge in [-0.15, -0.1) is 0 Å². The highest BCUT2D eigenvalue weighted by molar-refractivity contribution is 5.96. The number of likely N-dealkylation sites (tertiary alicyclic amines) is 1. The molecule has 1 fully saturated rings. The van der Waals surface area contributed by atoms with Gasteiger partial charge in [0.15, 0.2) is 0 Å². The molecular formula is C26H23FN4O. The summed E-state index contributed by atoms with van der Waals surface area (Å²) >= 11 is 0. The number of fused-ring (bicyclic) bond motifs is 3. The number of aromatic nitrogens is 2. The van der Waals surface area contributed by atoms with E-state index >= 15 is 0 Å². The first-order valence-corrected chi connectivity index (χ1v) is 10.8. The number of rotatable bonds is 2. The average molecular weight is 426 g/mol. The Bertz CT molecular complexity index is 1380. The molecule has 0 aliphatic carbocycles. The van der Waals surface area contributed by atoms with E-state index in [1.165, 1.54) is 12.1 Å². The van der Waals surface area contributed by atoms with E-state index in [2.05, 4.69) is 51.8 Å². The molecule has 0 spiro atoms. The van der Waals surface area contributed by atoms with Crippen LogP contribution >= 0.6 is 0 Å². The summed E-state index contributed by atoms with van der Waals surface area (Å²) in [5, 5.41) is 0. The lowest BCUT2D eigenvalue weighted by molar-refractivity contribution is 0.145. The SMILES string of the molecule is CN1CC(n2c(N)nc3cc(/C=C4\c5ccccc5COc5cc(F)ccc54)ccc32)C1. The average Bonchev–Trinajstić information content (AvgIpc) is 3.00. The molecule has 4 aromatic rings. The number of nitrogens with two attached hydrogens (primary N) is 1. The molecule has 6 heteroatoms. The number of hydrogen-bond donors (Lipinski definition) is 1. The molecular weight excluding hydrogens is 403 g/mol. The highest BCUT2D eigenvalue weighted by Gasteiger charge is 2.28. The third kappa shape index (κ3) is 3.07. The summed E-state index contributed by atoms with van der Waals surface area (Å²) in [6.07, 6.45) is 2.12. The van der Waals surface area contributed by atoms with E-state index in [4.69, 9.17) is 10.5 Å². The lowest BCUT2D eigenvalue weighted by atomic mass is 9.92. The van der Waals surface area contributed by atoms with Gasteiger partial charge in [-0.3, -0.25) is 0 Å². The molecule has 6 rings (SSSR count). The Morgan fingerprint density at radius 3 is 2.75 bits per heavy atom. The van der Waals surface area contributed by atoms with Crippen LogP contribution in [0.15, 0.2) is 60.7 Å². The molecule has 2 N–H and O–H groups in total. The van der Waals surface area contributed by atoms with Crippen LogP contribution in [-0.4, -0.2) is 34.6 Å². The fourth-order valence-electron chi connectivity index (χ4n) is 4.81. The largest absolute Gasteiger partial charge is 0.488 e. The monoisotopic (exact) mass is 426 g/mol. The predicted octanol–water partition coefficient (Wildman–Crippen LogP) is 4.73. The maximum absolute atomic E-state index is 13.9. The van der Waals surface area contributed by atoms with Crippen molar-refractivity contribution in [1.82, 2.24) is 14.5 Å². The molecule has 0 unspecified atom stereocenters. The van der Waals surface area contributed by atoms with E-state index in [1.807, 2.05) is 18.2 Å². The normalized spacial score (nSPS) is 17.5. The topological polar surface area (TPSA) is 56.3 Å². The molecule has 160 valence electrons. The van der Waals surface area contributed by atoms with Crippen molar-refractivity contribution in [3.63, 3.8) is 0 Å². The fraction of sp³-hybridized carbons (Fsp3) is 0.192. The van der Waals surface area contributed by atoms with E-state index in [9.17, 15) is 4.39 Å². The number of halogens is 1. The first-order valence-electron chi connectivity index (χ1n) is 10.8. The summed E-state index contributed by atoms with van der Waals surface area (Å²) < 4.78 is 22.0. The van der Waals surface area contributed by atoms with Crippen LogP contribution in [0.25, 0.3) is 22.7 Å². The fourth-order valence-corrected chi connectivity index (χ4v) is 4.81. The molecule has 3 aromatic carbocycles. The molecule has 1 aromatic heterocycles. The van der Waals surface area contributed by atoms with Gasteiger partial charge < -0.3 is 19.9 Å². The van der Waals surface area contributed by atoms with Crippen LogP contribution in [0.4, 0.5) is 10.3 Å². The molecule has 3 heterocycles. The van der Waals surface area contributed by atoms with Crippen molar-refractivity contribution < 1.29 is 9.13 Å². The Morgan fingerprint density at radius 2 is 1.91 bits per heavy atom. The Kier molecular flexibility index (Phi) is 4.30. The van der Waals surface area contributed by atoms with Gasteiger partial charge in [-0.1, -0.05) is 30.3 Å². The Balaban J connectivity index is 1.49. The van der Waals surface area contributed by atoms with Crippen molar-refractivity contribution in [3.05, 3.63) is 88.7 Å². The Morgan fingerprint density at radius 1 is 1.06 bits per heavy atom. The van der Waals surface area contributed by atoms with Crippen molar-refractivity contribution in [1.29, 1.82) is 0 Å². The van der Waals surface area contributed by atoms with Gasteiger partial charge in [0.1, 0.15) is 18.2 Å². The van der Waals surface area contributed by atoms with E-state index in [0.29, 0.717) is 24.3 Å². The molecule has 0 atom stereocenters. The summed E-state index contributed by atoms with van der Waals surface area (Å²) in [7, 11) is 2.11. The third-order valence-corrected chi connectivity index (χ3v) is 6.39. The number of ether oxygens (including phenoxy) is 1. The minimum Gasteiger partial charge on any atom is -0.488 e. The van der Waals surface area contributed by atoms with Crippen LogP contribution in [0.1, 0.15) is 28.3 Å². The van der Waals surface area contributed by atoms with E-state index < -0.39 is 0 Å². The highest BCUT2D eigenvalue weighted by atomic mass is 19.1. The zero-order valence-electron chi connectivity index (χ0n) is 17.8. The minimum absolute atomic E-state index is 0.307. The lowest BCUT2D eigenvalue weighted by Crippen LogP contribution is -2.45. The van der Waals surface area contributed by atoms with Crippen LogP contribution in [0.3, 0.4) is 0 Å². The summed E-state index contributed by atoms with van der Waals surface area (Å²) in [4.78, 5) is 6.90. The first-order chi connectivity index (χ1) is 15.6. The molecule has 5 nitrogen and oxygen atoms in total. The first kappa shape index (κ1) is 19.1. The molecule has 0 saturated carbocycles. The van der Waals surface area contributed by atoms with Crippen LogP contribution in [0.5, 0.6) is 5.75 Å². The quantitative estimate of drug-likeness (QED) is 0.504. The second-order valence-corrected chi connectivity index (χ2v) is 8.61. The standard InChI is InChI=1S/C26H23FN4O/c1-30-13-19(14-30)31-24-9-6-16(11-23(24)29-26(31)28)10-22-20-5-3-2-4-17(20)15-32-25-12-18(27)7-8-21(22)25/h2-12,19H,13-15H2,1H3,(H2,28,29)/b22-10+. The predicted molar refractivity (Wildman–Crippen MR) is 125 cm³/mol. The summed E-state index contributed by atoms with van der Waals surface area (Å²) in [6, 6.07) is 19.5. The van der Waals surface area contributed by atoms with Crippen molar-refractivity contribution >= 4 is 28.6 Å². The van der Waals surface area contributed by atoms with Crippen LogP contribution in [0.2, 0.25) is 0 Å². The van der Waals surface area contributed by atoms with Gasteiger partial charge in [0.25, 0.3) is 0 Å². The van der Waals surface area contributed by atoms with Crippen LogP contribution in [-0.2, 0) is 6.61 Å².